The molecule has 0 aromatic carbocycles. The molecule has 2 aliphatic carbocycles. The van der Waals surface area contributed by atoms with Gasteiger partial charge in [-0.05, 0) is 32.1 Å². The zero-order chi connectivity index (χ0) is 25.7. The first-order chi connectivity index (χ1) is 17.1. The summed E-state index contributed by atoms with van der Waals surface area (Å²) < 4.78 is 29.6. The van der Waals surface area contributed by atoms with Gasteiger partial charge in [0.1, 0.15) is 18.3 Å². The number of carbonyl (C=O) groups is 3. The van der Waals surface area contributed by atoms with Crippen molar-refractivity contribution in [2.24, 2.45) is 16.7 Å². The van der Waals surface area contributed by atoms with Crippen molar-refractivity contribution < 1.29 is 43.2 Å². The topological polar surface area (TPSA) is 121 Å². The Hall–Kier alpha value is -2.49. The Kier molecular flexibility index (Phi) is 6.37. The fraction of sp³-hybridized carbons (Fsp3) is 0.667. The second-order valence-electron chi connectivity index (χ2n) is 11.0. The largest absolute Gasteiger partial charge is 0.463 e. The minimum Gasteiger partial charge on any atom is -0.463 e. The predicted octanol–water partition coefficient (Wildman–Crippen LogP) is 2.17. The summed E-state index contributed by atoms with van der Waals surface area (Å²) >= 11 is 0. The minimum atomic E-state index is -1.37. The number of rotatable bonds is 0. The van der Waals surface area contributed by atoms with Crippen LogP contribution in [0.5, 0.6) is 0 Å². The highest BCUT2D eigenvalue weighted by atomic mass is 16.6. The summed E-state index contributed by atoms with van der Waals surface area (Å²) in [5.41, 5.74) is -0.820. The lowest BCUT2D eigenvalue weighted by Crippen LogP contribution is -2.66. The van der Waals surface area contributed by atoms with Crippen molar-refractivity contribution >= 4 is 17.9 Å². The van der Waals surface area contributed by atoms with Crippen LogP contribution >= 0.6 is 0 Å². The standard InChI is InChI=1S/C27H34O9/c1-16-8-10-26-14-33-24(31)23(30)17(2)9-11-32-21(28)6-4-5-7-22(29)36-18-13-20(35-19(26)12-16)27(15-34-27)25(18,26)3/h4-7,12,17-20,23,30H,8-11,13-15H2,1-3H3/b6-4+,7-5+/t17-,18-,19-,20+,23?,25+,26-,27+/m1/s1. The third-order valence-corrected chi connectivity index (χ3v) is 9.12. The molecule has 3 aliphatic heterocycles. The summed E-state index contributed by atoms with van der Waals surface area (Å²) in [4.78, 5) is 37.6. The quantitative estimate of drug-likeness (QED) is 0.230. The van der Waals surface area contributed by atoms with Gasteiger partial charge >= 0.3 is 17.9 Å². The van der Waals surface area contributed by atoms with Crippen LogP contribution in [-0.4, -0.2) is 72.9 Å². The molecule has 2 spiro atoms. The molecule has 8 atom stereocenters. The van der Waals surface area contributed by atoms with Gasteiger partial charge in [0, 0.05) is 24.0 Å². The van der Waals surface area contributed by atoms with Crippen LogP contribution in [0, 0.1) is 16.7 Å². The number of hydrogen-bond donors (Lipinski definition) is 1. The van der Waals surface area contributed by atoms with Gasteiger partial charge < -0.3 is 28.8 Å². The van der Waals surface area contributed by atoms with E-state index in [-0.39, 0.29) is 31.8 Å². The van der Waals surface area contributed by atoms with Crippen LogP contribution in [-0.2, 0) is 38.1 Å². The molecular weight excluding hydrogens is 468 g/mol. The maximum absolute atomic E-state index is 12.9. The van der Waals surface area contributed by atoms with Gasteiger partial charge in [-0.1, -0.05) is 37.6 Å². The number of allylic oxidation sites excluding steroid dienone is 3. The molecule has 3 fully saturated rings. The zero-order valence-corrected chi connectivity index (χ0v) is 20.9. The van der Waals surface area contributed by atoms with Crippen molar-refractivity contribution in [3.05, 3.63) is 36.0 Å². The first kappa shape index (κ1) is 25.2. The minimum absolute atomic E-state index is 0.00000344. The number of cyclic esters (lactones) is 2. The normalized spacial score (nSPS) is 46.8. The molecule has 0 aromatic heterocycles. The van der Waals surface area contributed by atoms with Crippen LogP contribution in [0.2, 0.25) is 0 Å². The highest BCUT2D eigenvalue weighted by Gasteiger charge is 2.83. The summed E-state index contributed by atoms with van der Waals surface area (Å²) in [6.45, 7) is 6.34. The van der Waals surface area contributed by atoms with E-state index < -0.39 is 52.5 Å². The van der Waals surface area contributed by atoms with E-state index in [1.165, 1.54) is 29.9 Å². The molecule has 0 amide bonds. The summed E-state index contributed by atoms with van der Waals surface area (Å²) in [7, 11) is 0. The second kappa shape index (κ2) is 9.11. The summed E-state index contributed by atoms with van der Waals surface area (Å²) in [6, 6.07) is 0. The van der Waals surface area contributed by atoms with Gasteiger partial charge in [-0.3, -0.25) is 0 Å². The van der Waals surface area contributed by atoms with Gasteiger partial charge in [0.05, 0.1) is 30.8 Å². The fourth-order valence-corrected chi connectivity index (χ4v) is 6.65. The Morgan fingerprint density at radius 1 is 1.03 bits per heavy atom. The molecular formula is C27H34O9. The summed E-state index contributed by atoms with van der Waals surface area (Å²) in [5, 5.41) is 10.6. The molecule has 5 rings (SSSR count). The van der Waals surface area contributed by atoms with E-state index in [0.717, 1.165) is 6.42 Å². The van der Waals surface area contributed by atoms with E-state index in [0.29, 0.717) is 19.4 Å². The third-order valence-electron chi connectivity index (χ3n) is 9.12. The number of carbonyl (C=O) groups excluding carboxylic acids is 3. The number of hydrogen-bond acceptors (Lipinski definition) is 9. The summed E-state index contributed by atoms with van der Waals surface area (Å²) in [6.07, 6.45) is 7.11. The SMILES string of the molecule is CC1=C[C@H]2O[C@H]3C[C@H]4OC(=O)/C=C/C=C/C(=O)OCC[C@@H](C)C(O)C(=O)OC[C@@]2(CC1)[C@@]4(C)[C@]31CO1. The van der Waals surface area contributed by atoms with E-state index in [2.05, 4.69) is 19.9 Å². The van der Waals surface area contributed by atoms with E-state index >= 15 is 0 Å². The molecule has 3 heterocycles. The summed E-state index contributed by atoms with van der Waals surface area (Å²) in [5.74, 6) is -2.34. The van der Waals surface area contributed by atoms with Crippen LogP contribution in [0.3, 0.4) is 0 Å². The predicted molar refractivity (Wildman–Crippen MR) is 125 cm³/mol. The molecule has 1 saturated carbocycles. The first-order valence-corrected chi connectivity index (χ1v) is 12.7. The lowest BCUT2D eigenvalue weighted by Gasteiger charge is -2.58. The first-order valence-electron chi connectivity index (χ1n) is 12.7. The van der Waals surface area contributed by atoms with Crippen LogP contribution in [0.15, 0.2) is 36.0 Å². The van der Waals surface area contributed by atoms with Gasteiger partial charge in [-0.15, -0.1) is 0 Å². The average Bonchev–Trinajstić information content (AvgIpc) is 3.62. The van der Waals surface area contributed by atoms with Crippen molar-refractivity contribution in [1.82, 2.24) is 0 Å². The lowest BCUT2D eigenvalue weighted by atomic mass is 9.51. The third kappa shape index (κ3) is 3.83. The van der Waals surface area contributed by atoms with E-state index in [4.69, 9.17) is 23.7 Å². The van der Waals surface area contributed by atoms with E-state index in [9.17, 15) is 19.5 Å². The number of aliphatic hydroxyl groups excluding tert-OH is 1. The highest BCUT2D eigenvalue weighted by Crippen LogP contribution is 2.72. The molecule has 5 aliphatic rings. The van der Waals surface area contributed by atoms with Crippen LogP contribution in [0.4, 0.5) is 0 Å². The van der Waals surface area contributed by atoms with Crippen LogP contribution in [0.1, 0.15) is 46.5 Å². The Balaban J connectivity index is 1.52. The molecule has 196 valence electrons. The van der Waals surface area contributed by atoms with Gasteiger partial charge in [-0.25, -0.2) is 14.4 Å². The van der Waals surface area contributed by atoms with Crippen molar-refractivity contribution in [2.45, 2.75) is 76.5 Å². The Labute approximate surface area is 210 Å². The van der Waals surface area contributed by atoms with Gasteiger partial charge in [-0.2, -0.15) is 0 Å². The molecule has 9 heteroatoms. The number of ether oxygens (including phenoxy) is 5. The maximum atomic E-state index is 12.9. The molecule has 36 heavy (non-hydrogen) atoms. The second-order valence-corrected chi connectivity index (χ2v) is 11.0. The molecule has 1 N–H and O–H groups in total. The molecule has 0 radical (unpaired) electrons. The van der Waals surface area contributed by atoms with Crippen LogP contribution in [0.25, 0.3) is 0 Å². The van der Waals surface area contributed by atoms with Gasteiger partial charge in [0.15, 0.2) is 6.10 Å². The van der Waals surface area contributed by atoms with Crippen LogP contribution < -0.4 is 0 Å². The van der Waals surface area contributed by atoms with E-state index in [1.807, 2.05) is 0 Å². The number of aliphatic hydroxyl groups is 1. The van der Waals surface area contributed by atoms with Gasteiger partial charge in [0.2, 0.25) is 0 Å². The lowest BCUT2D eigenvalue weighted by molar-refractivity contribution is -0.234. The fourth-order valence-electron chi connectivity index (χ4n) is 6.65. The number of esters is 3. The molecule has 9 nitrogen and oxygen atoms in total. The molecule has 2 saturated heterocycles. The Bertz CT molecular complexity index is 1020. The average molecular weight is 503 g/mol. The van der Waals surface area contributed by atoms with Crippen molar-refractivity contribution in [3.63, 3.8) is 0 Å². The Morgan fingerprint density at radius 2 is 1.75 bits per heavy atom. The molecule has 2 bridgehead atoms. The smallest absolute Gasteiger partial charge is 0.335 e. The maximum Gasteiger partial charge on any atom is 0.335 e. The van der Waals surface area contributed by atoms with E-state index in [1.54, 1.807) is 6.92 Å². The monoisotopic (exact) mass is 502 g/mol. The molecule has 1 unspecified atom stereocenters. The number of epoxide rings is 1. The van der Waals surface area contributed by atoms with Crippen molar-refractivity contribution in [1.29, 1.82) is 0 Å². The van der Waals surface area contributed by atoms with Crippen molar-refractivity contribution in [2.75, 3.05) is 19.8 Å². The molecule has 0 aromatic rings. The Morgan fingerprint density at radius 3 is 2.47 bits per heavy atom. The zero-order valence-electron chi connectivity index (χ0n) is 20.9. The van der Waals surface area contributed by atoms with Crippen molar-refractivity contribution in [3.8, 4) is 0 Å². The highest BCUT2D eigenvalue weighted by molar-refractivity contribution is 5.84. The van der Waals surface area contributed by atoms with Gasteiger partial charge in [0.25, 0.3) is 0 Å².